The molecule has 0 aliphatic rings. The zero-order chi connectivity index (χ0) is 15.0. The molecule has 0 amide bonds. The van der Waals surface area contributed by atoms with Gasteiger partial charge in [0.05, 0.1) is 17.0 Å². The van der Waals surface area contributed by atoms with Crippen molar-refractivity contribution in [3.8, 4) is 0 Å². The summed E-state index contributed by atoms with van der Waals surface area (Å²) in [5, 5.41) is 1.47. The molecule has 0 aliphatic carbocycles. The van der Waals surface area contributed by atoms with Crippen LogP contribution in [0.2, 0.25) is 5.02 Å². The fourth-order valence-corrected chi connectivity index (χ4v) is 2.51. The van der Waals surface area contributed by atoms with E-state index in [0.29, 0.717) is 10.4 Å². The number of pyridine rings is 1. The van der Waals surface area contributed by atoms with E-state index in [9.17, 15) is 13.6 Å². The maximum Gasteiger partial charge on any atom is 0.260 e. The predicted molar refractivity (Wildman–Crippen MR) is 78.7 cm³/mol. The second-order valence-electron chi connectivity index (χ2n) is 4.69. The fourth-order valence-electron chi connectivity index (χ4n) is 2.24. The van der Waals surface area contributed by atoms with Gasteiger partial charge in [-0.3, -0.25) is 4.79 Å². The molecule has 1 aromatic heterocycles. The molecule has 0 atom stereocenters. The quantitative estimate of drug-likeness (QED) is 0.702. The van der Waals surface area contributed by atoms with Gasteiger partial charge in [0.25, 0.3) is 5.56 Å². The fraction of sp³-hybridized carbons (Fsp3) is 0.0625. The number of hydrogen-bond acceptors (Lipinski definition) is 1. The average Bonchev–Trinajstić information content (AvgIpc) is 2.44. The van der Waals surface area contributed by atoms with Gasteiger partial charge >= 0.3 is 0 Å². The van der Waals surface area contributed by atoms with Crippen molar-refractivity contribution in [3.63, 3.8) is 0 Å². The number of rotatable bonds is 2. The maximum absolute atomic E-state index is 13.7. The Morgan fingerprint density at radius 3 is 2.67 bits per heavy atom. The molecule has 0 saturated heterocycles. The summed E-state index contributed by atoms with van der Waals surface area (Å²) in [5.74, 6) is -1.33. The number of aromatic nitrogens is 1. The van der Waals surface area contributed by atoms with E-state index in [1.165, 1.54) is 10.6 Å². The molecule has 2 nitrogen and oxygen atoms in total. The minimum atomic E-state index is -0.679. The molecule has 0 N–H and O–H groups in total. The Labute approximate surface area is 124 Å². The summed E-state index contributed by atoms with van der Waals surface area (Å²) in [6.07, 6.45) is 1.57. The van der Waals surface area contributed by atoms with Crippen LogP contribution in [-0.4, -0.2) is 4.57 Å². The van der Waals surface area contributed by atoms with Gasteiger partial charge in [0.1, 0.15) is 11.6 Å². The molecule has 3 rings (SSSR count). The third-order valence-electron chi connectivity index (χ3n) is 3.31. The molecule has 3 aromatic rings. The summed E-state index contributed by atoms with van der Waals surface area (Å²) < 4.78 is 27.9. The molecule has 0 bridgehead atoms. The van der Waals surface area contributed by atoms with Gasteiger partial charge in [0.2, 0.25) is 0 Å². The van der Waals surface area contributed by atoms with Crippen molar-refractivity contribution in [1.29, 1.82) is 0 Å². The number of fused-ring (bicyclic) bond motifs is 1. The average molecular weight is 306 g/mol. The van der Waals surface area contributed by atoms with Crippen molar-refractivity contribution in [2.75, 3.05) is 0 Å². The molecule has 0 fully saturated rings. The zero-order valence-corrected chi connectivity index (χ0v) is 11.6. The third-order valence-corrected chi connectivity index (χ3v) is 3.63. The molecular formula is C16H10ClF2NO. The predicted octanol–water partition coefficient (Wildman–Crippen LogP) is 3.98. The maximum atomic E-state index is 13.7. The monoisotopic (exact) mass is 305 g/mol. The van der Waals surface area contributed by atoms with Crippen molar-refractivity contribution in [3.05, 3.63) is 81.2 Å². The molecule has 106 valence electrons. The van der Waals surface area contributed by atoms with Crippen LogP contribution >= 0.6 is 11.6 Å². The van der Waals surface area contributed by atoms with Crippen LogP contribution in [0.3, 0.4) is 0 Å². The summed E-state index contributed by atoms with van der Waals surface area (Å²) in [6, 6.07) is 10.2. The lowest BCUT2D eigenvalue weighted by Gasteiger charge is -2.09. The van der Waals surface area contributed by atoms with E-state index in [0.717, 1.165) is 17.5 Å². The Kier molecular flexibility index (Phi) is 3.47. The highest BCUT2D eigenvalue weighted by molar-refractivity contribution is 6.35. The van der Waals surface area contributed by atoms with Crippen molar-refractivity contribution >= 4 is 22.4 Å². The Balaban J connectivity index is 2.11. The first-order valence-corrected chi connectivity index (χ1v) is 6.65. The van der Waals surface area contributed by atoms with Crippen LogP contribution in [0.5, 0.6) is 0 Å². The van der Waals surface area contributed by atoms with E-state index in [-0.39, 0.29) is 17.7 Å². The molecule has 0 spiro atoms. The highest BCUT2D eigenvalue weighted by atomic mass is 35.5. The van der Waals surface area contributed by atoms with Crippen LogP contribution in [0.4, 0.5) is 8.78 Å². The SMILES string of the molecule is O=c1c2c(Cl)cccc2ccn1Cc1ccc(F)cc1F. The molecule has 2 aromatic carbocycles. The Bertz CT molecular complexity index is 889. The highest BCUT2D eigenvalue weighted by Gasteiger charge is 2.09. The van der Waals surface area contributed by atoms with E-state index < -0.39 is 11.6 Å². The van der Waals surface area contributed by atoms with Crippen LogP contribution in [0.15, 0.2) is 53.5 Å². The van der Waals surface area contributed by atoms with E-state index in [1.807, 2.05) is 0 Å². The van der Waals surface area contributed by atoms with Crippen LogP contribution in [0.25, 0.3) is 10.8 Å². The zero-order valence-electron chi connectivity index (χ0n) is 10.8. The van der Waals surface area contributed by atoms with Gasteiger partial charge in [-0.15, -0.1) is 0 Å². The summed E-state index contributed by atoms with van der Waals surface area (Å²) in [5.41, 5.74) is -0.0632. The molecule has 21 heavy (non-hydrogen) atoms. The highest BCUT2D eigenvalue weighted by Crippen LogP contribution is 2.20. The molecule has 0 saturated carbocycles. The van der Waals surface area contributed by atoms with Crippen molar-refractivity contribution in [2.45, 2.75) is 6.54 Å². The lowest BCUT2D eigenvalue weighted by atomic mass is 10.1. The standard InChI is InChI=1S/C16H10ClF2NO/c17-13-3-1-2-10-6-7-20(16(21)15(10)13)9-11-4-5-12(18)8-14(11)19/h1-8H,9H2. The minimum absolute atomic E-state index is 0.0200. The number of halogens is 3. The van der Waals surface area contributed by atoms with Gasteiger partial charge in [-0.05, 0) is 23.6 Å². The molecule has 0 unspecified atom stereocenters. The number of benzene rings is 2. The Morgan fingerprint density at radius 2 is 1.90 bits per heavy atom. The summed E-state index contributed by atoms with van der Waals surface area (Å²) >= 11 is 6.05. The van der Waals surface area contributed by atoms with Crippen molar-refractivity contribution in [2.24, 2.45) is 0 Å². The normalized spacial score (nSPS) is 11.0. The Morgan fingerprint density at radius 1 is 1.10 bits per heavy atom. The largest absolute Gasteiger partial charge is 0.310 e. The van der Waals surface area contributed by atoms with Gasteiger partial charge < -0.3 is 4.57 Å². The molecule has 0 aliphatic heterocycles. The first kappa shape index (κ1) is 13.8. The Hall–Kier alpha value is -2.20. The van der Waals surface area contributed by atoms with Gasteiger partial charge in [-0.25, -0.2) is 8.78 Å². The van der Waals surface area contributed by atoms with E-state index in [4.69, 9.17) is 11.6 Å². The minimum Gasteiger partial charge on any atom is -0.310 e. The second-order valence-corrected chi connectivity index (χ2v) is 5.10. The van der Waals surface area contributed by atoms with E-state index >= 15 is 0 Å². The van der Waals surface area contributed by atoms with Crippen molar-refractivity contribution < 1.29 is 8.78 Å². The molecular weight excluding hydrogens is 296 g/mol. The van der Waals surface area contributed by atoms with Crippen LogP contribution in [-0.2, 0) is 6.54 Å². The molecule has 0 radical (unpaired) electrons. The molecule has 1 heterocycles. The van der Waals surface area contributed by atoms with Crippen LogP contribution in [0, 0.1) is 11.6 Å². The van der Waals surface area contributed by atoms with E-state index in [2.05, 4.69) is 0 Å². The van der Waals surface area contributed by atoms with Gasteiger partial charge in [-0.1, -0.05) is 29.8 Å². The van der Waals surface area contributed by atoms with Crippen LogP contribution in [0.1, 0.15) is 5.56 Å². The molecule has 5 heteroatoms. The summed E-state index contributed by atoms with van der Waals surface area (Å²) in [7, 11) is 0. The van der Waals surface area contributed by atoms with Gasteiger partial charge in [0.15, 0.2) is 0 Å². The van der Waals surface area contributed by atoms with Crippen molar-refractivity contribution in [1.82, 2.24) is 4.57 Å². The van der Waals surface area contributed by atoms with Gasteiger partial charge in [0, 0.05) is 17.8 Å². The van der Waals surface area contributed by atoms with Crippen LogP contribution < -0.4 is 5.56 Å². The summed E-state index contributed by atoms with van der Waals surface area (Å²) in [4.78, 5) is 12.4. The summed E-state index contributed by atoms with van der Waals surface area (Å²) in [6.45, 7) is 0.0200. The van der Waals surface area contributed by atoms with E-state index in [1.54, 1.807) is 30.5 Å². The third kappa shape index (κ3) is 2.54. The smallest absolute Gasteiger partial charge is 0.260 e. The van der Waals surface area contributed by atoms with Gasteiger partial charge in [-0.2, -0.15) is 0 Å². The lowest BCUT2D eigenvalue weighted by Crippen LogP contribution is -2.20. The number of hydrogen-bond donors (Lipinski definition) is 0. The lowest BCUT2D eigenvalue weighted by molar-refractivity contribution is 0.565. The second kappa shape index (κ2) is 5.30. The first-order chi connectivity index (χ1) is 10.1. The topological polar surface area (TPSA) is 22.0 Å². The first-order valence-electron chi connectivity index (χ1n) is 6.28. The number of nitrogens with zero attached hydrogens (tertiary/aromatic N) is 1.